The molecule has 4 heteroatoms. The molecule has 0 amide bonds. The molecule has 2 rings (SSSR count). The van der Waals surface area contributed by atoms with E-state index in [1.807, 2.05) is 17.8 Å². The minimum atomic E-state index is -0.0474. The highest BCUT2D eigenvalue weighted by molar-refractivity contribution is 9.10. The highest BCUT2D eigenvalue weighted by Crippen LogP contribution is 2.19. The first kappa shape index (κ1) is 7.61. The highest BCUT2D eigenvalue weighted by Gasteiger charge is 2.04. The number of halogens is 1. The molecule has 0 aliphatic rings. The third kappa shape index (κ3) is 0.914. The molecule has 3 nitrogen and oxygen atoms in total. The van der Waals surface area contributed by atoms with Gasteiger partial charge in [-0.15, -0.1) is 0 Å². The summed E-state index contributed by atoms with van der Waals surface area (Å²) in [6.45, 7) is 0. The van der Waals surface area contributed by atoms with E-state index in [-0.39, 0.29) is 5.56 Å². The van der Waals surface area contributed by atoms with Crippen LogP contribution in [-0.2, 0) is 7.05 Å². The highest BCUT2D eigenvalue weighted by atomic mass is 79.9. The van der Waals surface area contributed by atoms with Crippen LogP contribution in [0.1, 0.15) is 0 Å². The van der Waals surface area contributed by atoms with Crippen LogP contribution >= 0.6 is 15.9 Å². The van der Waals surface area contributed by atoms with E-state index in [0.717, 1.165) is 9.99 Å². The van der Waals surface area contributed by atoms with Gasteiger partial charge >= 0.3 is 0 Å². The van der Waals surface area contributed by atoms with Crippen molar-refractivity contribution in [2.75, 3.05) is 0 Å². The summed E-state index contributed by atoms with van der Waals surface area (Å²) in [5.74, 6) is 0. The number of nitrogens with zero attached hydrogens (tertiary/aromatic N) is 1. The Morgan fingerprint density at radius 1 is 1.58 bits per heavy atom. The number of fused-ring (bicyclic) bond motifs is 1. The van der Waals surface area contributed by atoms with E-state index in [1.54, 1.807) is 12.3 Å². The van der Waals surface area contributed by atoms with Crippen LogP contribution in [0.5, 0.6) is 0 Å². The van der Waals surface area contributed by atoms with Crippen LogP contribution in [0.4, 0.5) is 0 Å². The van der Waals surface area contributed by atoms with Crippen molar-refractivity contribution in [1.29, 1.82) is 0 Å². The van der Waals surface area contributed by atoms with E-state index in [9.17, 15) is 4.79 Å². The standard InChI is InChI=1S/C8H7BrN2O/c1-11-3-2-5-7(11)6(9)4-10-8(5)12/h2-4H,1H3,(H,10,12). The van der Waals surface area contributed by atoms with Crippen LogP contribution in [-0.4, -0.2) is 9.55 Å². The Bertz CT molecular complexity index is 483. The van der Waals surface area contributed by atoms with Crippen LogP contribution in [0.25, 0.3) is 10.9 Å². The summed E-state index contributed by atoms with van der Waals surface area (Å²) in [6.07, 6.45) is 3.52. The fourth-order valence-corrected chi connectivity index (χ4v) is 1.89. The lowest BCUT2D eigenvalue weighted by Gasteiger charge is -1.97. The number of aromatic nitrogens is 2. The molecule has 0 aromatic carbocycles. The first-order valence-corrected chi connectivity index (χ1v) is 4.31. The molecular weight excluding hydrogens is 220 g/mol. The van der Waals surface area contributed by atoms with E-state index in [1.165, 1.54) is 0 Å². The molecule has 0 spiro atoms. The van der Waals surface area contributed by atoms with Crippen LogP contribution in [0.3, 0.4) is 0 Å². The van der Waals surface area contributed by atoms with Gasteiger partial charge in [0.25, 0.3) is 5.56 Å². The number of hydrogen-bond acceptors (Lipinski definition) is 1. The maximum atomic E-state index is 11.3. The second kappa shape index (κ2) is 2.48. The van der Waals surface area contributed by atoms with Crippen LogP contribution in [0, 0.1) is 0 Å². The van der Waals surface area contributed by atoms with Gasteiger partial charge in [0.2, 0.25) is 0 Å². The Labute approximate surface area is 77.1 Å². The SMILES string of the molecule is Cn1ccc2c(=O)[nH]cc(Br)c21. The van der Waals surface area contributed by atoms with Gasteiger partial charge in [-0.1, -0.05) is 0 Å². The second-order valence-corrected chi connectivity index (χ2v) is 3.51. The van der Waals surface area contributed by atoms with E-state index in [2.05, 4.69) is 20.9 Å². The number of aromatic amines is 1. The van der Waals surface area contributed by atoms with Gasteiger partial charge in [-0.05, 0) is 22.0 Å². The molecule has 0 aliphatic carbocycles. The first-order chi connectivity index (χ1) is 5.70. The van der Waals surface area contributed by atoms with E-state index >= 15 is 0 Å². The van der Waals surface area contributed by atoms with Gasteiger partial charge in [-0.2, -0.15) is 0 Å². The zero-order chi connectivity index (χ0) is 8.72. The van der Waals surface area contributed by atoms with Gasteiger partial charge in [0, 0.05) is 19.4 Å². The third-order valence-corrected chi connectivity index (χ3v) is 2.48. The number of nitrogens with one attached hydrogen (secondary N) is 1. The zero-order valence-electron chi connectivity index (χ0n) is 6.47. The monoisotopic (exact) mass is 226 g/mol. The minimum Gasteiger partial charge on any atom is -0.349 e. The van der Waals surface area contributed by atoms with Crippen molar-refractivity contribution < 1.29 is 0 Å². The number of aryl methyl sites for hydroxylation is 1. The van der Waals surface area contributed by atoms with Crippen molar-refractivity contribution in [2.45, 2.75) is 0 Å². The van der Waals surface area contributed by atoms with Crippen molar-refractivity contribution in [3.8, 4) is 0 Å². The molecular formula is C8H7BrN2O. The lowest BCUT2D eigenvalue weighted by molar-refractivity contribution is 0.964. The summed E-state index contributed by atoms with van der Waals surface area (Å²) in [5, 5.41) is 0.715. The van der Waals surface area contributed by atoms with Crippen molar-refractivity contribution in [1.82, 2.24) is 9.55 Å². The third-order valence-electron chi connectivity index (χ3n) is 1.87. The topological polar surface area (TPSA) is 37.8 Å². The summed E-state index contributed by atoms with van der Waals surface area (Å²) in [5.41, 5.74) is 0.882. The van der Waals surface area contributed by atoms with E-state index in [0.29, 0.717) is 5.39 Å². The molecule has 0 saturated carbocycles. The van der Waals surface area contributed by atoms with Crippen LogP contribution < -0.4 is 5.56 Å². The second-order valence-electron chi connectivity index (χ2n) is 2.65. The molecule has 0 fully saturated rings. The van der Waals surface area contributed by atoms with E-state index in [4.69, 9.17) is 0 Å². The Kier molecular flexibility index (Phi) is 1.58. The summed E-state index contributed by atoms with van der Waals surface area (Å²) in [4.78, 5) is 13.9. The molecule has 1 N–H and O–H groups in total. The van der Waals surface area contributed by atoms with Crippen molar-refractivity contribution in [2.24, 2.45) is 7.05 Å². The average molecular weight is 227 g/mol. The van der Waals surface area contributed by atoms with Crippen molar-refractivity contribution in [3.63, 3.8) is 0 Å². The summed E-state index contributed by atoms with van der Waals surface area (Å²) >= 11 is 3.37. The lowest BCUT2D eigenvalue weighted by Crippen LogP contribution is -2.04. The molecule has 62 valence electrons. The van der Waals surface area contributed by atoms with Crippen molar-refractivity contribution >= 4 is 26.8 Å². The Hall–Kier alpha value is -1.03. The summed E-state index contributed by atoms with van der Waals surface area (Å²) < 4.78 is 2.82. The first-order valence-electron chi connectivity index (χ1n) is 3.52. The van der Waals surface area contributed by atoms with Gasteiger partial charge in [-0.25, -0.2) is 0 Å². The number of H-pyrrole nitrogens is 1. The quantitative estimate of drug-likeness (QED) is 0.729. The molecule has 0 radical (unpaired) electrons. The summed E-state index contributed by atoms with van der Waals surface area (Å²) in [7, 11) is 1.91. The van der Waals surface area contributed by atoms with Gasteiger partial charge in [0.15, 0.2) is 0 Å². The largest absolute Gasteiger partial charge is 0.349 e. The van der Waals surface area contributed by atoms with Gasteiger partial charge < -0.3 is 9.55 Å². The minimum absolute atomic E-state index is 0.0474. The fourth-order valence-electron chi connectivity index (χ4n) is 1.29. The van der Waals surface area contributed by atoms with Gasteiger partial charge in [0.1, 0.15) is 0 Å². The van der Waals surface area contributed by atoms with Gasteiger partial charge in [0.05, 0.1) is 15.4 Å². The predicted molar refractivity (Wildman–Crippen MR) is 51.2 cm³/mol. The number of hydrogen-bond donors (Lipinski definition) is 1. The fraction of sp³-hybridized carbons (Fsp3) is 0.125. The molecule has 2 heterocycles. The van der Waals surface area contributed by atoms with Gasteiger partial charge in [-0.3, -0.25) is 4.79 Å². The zero-order valence-corrected chi connectivity index (χ0v) is 8.05. The van der Waals surface area contributed by atoms with E-state index < -0.39 is 0 Å². The Morgan fingerprint density at radius 2 is 2.33 bits per heavy atom. The molecule has 0 unspecified atom stereocenters. The summed E-state index contributed by atoms with van der Waals surface area (Å²) in [6, 6.07) is 1.80. The molecule has 2 aromatic heterocycles. The molecule has 0 aliphatic heterocycles. The lowest BCUT2D eigenvalue weighted by atomic mass is 10.3. The smallest absolute Gasteiger partial charge is 0.257 e. The number of rotatable bonds is 0. The number of pyridine rings is 1. The maximum Gasteiger partial charge on any atom is 0.257 e. The average Bonchev–Trinajstić information content (AvgIpc) is 2.42. The molecule has 0 bridgehead atoms. The Balaban J connectivity index is 3.09. The predicted octanol–water partition coefficient (Wildman–Crippen LogP) is 1.63. The van der Waals surface area contributed by atoms with Crippen molar-refractivity contribution in [3.05, 3.63) is 33.3 Å². The van der Waals surface area contributed by atoms with Crippen LogP contribution in [0.2, 0.25) is 0 Å². The van der Waals surface area contributed by atoms with Crippen LogP contribution in [0.15, 0.2) is 27.7 Å². The molecule has 2 aromatic rings. The molecule has 0 atom stereocenters. The molecule has 12 heavy (non-hydrogen) atoms. The maximum absolute atomic E-state index is 11.3. The normalized spacial score (nSPS) is 10.8. The molecule has 0 saturated heterocycles. The Morgan fingerprint density at radius 3 is 3.00 bits per heavy atom.